The zero-order valence-electron chi connectivity index (χ0n) is 10.0. The lowest BCUT2D eigenvalue weighted by Crippen LogP contribution is -2.29. The maximum absolute atomic E-state index is 13.2. The number of nitrogens with one attached hydrogen (secondary N) is 1. The van der Waals surface area contributed by atoms with Crippen molar-refractivity contribution in [1.29, 1.82) is 0 Å². The molecule has 1 rings (SSSR count). The first-order valence-electron chi connectivity index (χ1n) is 5.15. The number of hydrogen-bond acceptors (Lipinski definition) is 3. The number of hydrogen-bond donors (Lipinski definition) is 1. The Hall–Kier alpha value is -1.91. The van der Waals surface area contributed by atoms with E-state index in [1.165, 1.54) is 12.3 Å². The summed E-state index contributed by atoms with van der Waals surface area (Å²) in [5, 5.41) is 3.60. The molecule has 17 heavy (non-hydrogen) atoms. The van der Waals surface area contributed by atoms with Crippen LogP contribution in [0, 0.1) is 5.82 Å². The van der Waals surface area contributed by atoms with E-state index >= 15 is 0 Å². The highest BCUT2D eigenvalue weighted by molar-refractivity contribution is 5.81. The second kappa shape index (κ2) is 5.43. The largest absolute Gasteiger partial charge is 0.443 e. The molecule has 92 valence electrons. The average Bonchev–Trinajstić information content (AvgIpc) is 2.18. The minimum Gasteiger partial charge on any atom is -0.443 e. The van der Waals surface area contributed by atoms with Crippen molar-refractivity contribution >= 4 is 12.3 Å². The number of carbonyl (C=O) groups excluding carboxylic acids is 1. The fraction of sp³-hybridized carbons (Fsp3) is 0.333. The van der Waals surface area contributed by atoms with Gasteiger partial charge in [0.15, 0.2) is 0 Å². The predicted molar refractivity (Wildman–Crippen MR) is 63.4 cm³/mol. The Morgan fingerprint density at radius 1 is 1.41 bits per heavy atom. The molecule has 0 aliphatic heterocycles. The molecule has 0 unspecified atom stereocenters. The second-order valence-corrected chi connectivity index (χ2v) is 4.39. The zero-order valence-corrected chi connectivity index (χ0v) is 10.0. The minimum absolute atomic E-state index is 0.295. The van der Waals surface area contributed by atoms with Crippen molar-refractivity contribution in [2.45, 2.75) is 26.4 Å². The average molecular weight is 238 g/mol. The first kappa shape index (κ1) is 13.2. The van der Waals surface area contributed by atoms with E-state index in [-0.39, 0.29) is 0 Å². The quantitative estimate of drug-likeness (QED) is 0.636. The molecule has 0 saturated heterocycles. The third kappa shape index (κ3) is 5.10. The van der Waals surface area contributed by atoms with Gasteiger partial charge in [-0.05, 0) is 26.8 Å². The van der Waals surface area contributed by atoms with Crippen LogP contribution in [-0.4, -0.2) is 17.9 Å². The highest BCUT2D eigenvalue weighted by atomic mass is 19.1. The fourth-order valence-corrected chi connectivity index (χ4v) is 1.04. The summed E-state index contributed by atoms with van der Waals surface area (Å²) in [7, 11) is 0. The Morgan fingerprint density at radius 3 is 2.65 bits per heavy atom. The molecule has 0 bridgehead atoms. The smallest absolute Gasteiger partial charge is 0.428 e. The Bertz CT molecular complexity index is 425. The second-order valence-electron chi connectivity index (χ2n) is 4.39. The summed E-state index contributed by atoms with van der Waals surface area (Å²) in [5.74, 6) is -0.401. The topological polar surface area (TPSA) is 50.7 Å². The Morgan fingerprint density at radius 2 is 2.06 bits per heavy atom. The maximum atomic E-state index is 13.2. The minimum atomic E-state index is -0.676. The van der Waals surface area contributed by atoms with E-state index in [0.717, 1.165) is 0 Å². The Kier molecular flexibility index (Phi) is 4.20. The first-order chi connectivity index (χ1) is 7.88. The standard InChI is InChI=1S/C12H15FN2O2/c1-12(2,3)17-11(16)15-14-8-9-6-4-5-7-10(9)13/h4-8H,1-3H3,(H,15,16)/b14-8-. The van der Waals surface area contributed by atoms with Crippen molar-refractivity contribution in [2.75, 3.05) is 0 Å². The lowest BCUT2D eigenvalue weighted by molar-refractivity contribution is 0.0529. The highest BCUT2D eigenvalue weighted by Crippen LogP contribution is 2.06. The molecule has 1 aromatic carbocycles. The van der Waals surface area contributed by atoms with Crippen LogP contribution in [0.15, 0.2) is 29.4 Å². The molecule has 0 radical (unpaired) electrons. The van der Waals surface area contributed by atoms with Gasteiger partial charge >= 0.3 is 6.09 Å². The lowest BCUT2D eigenvalue weighted by Gasteiger charge is -2.18. The molecule has 0 aliphatic rings. The van der Waals surface area contributed by atoms with Gasteiger partial charge in [-0.25, -0.2) is 14.6 Å². The van der Waals surface area contributed by atoms with Crippen molar-refractivity contribution in [3.05, 3.63) is 35.6 Å². The van der Waals surface area contributed by atoms with E-state index in [0.29, 0.717) is 5.56 Å². The van der Waals surface area contributed by atoms with E-state index < -0.39 is 17.5 Å². The SMILES string of the molecule is CC(C)(C)OC(=O)N/N=C\c1ccccc1F. The summed E-state index contributed by atoms with van der Waals surface area (Å²) in [6.07, 6.45) is 0.546. The summed E-state index contributed by atoms with van der Waals surface area (Å²) in [6, 6.07) is 6.12. The molecule has 4 nitrogen and oxygen atoms in total. The van der Waals surface area contributed by atoms with Gasteiger partial charge in [-0.15, -0.1) is 0 Å². The van der Waals surface area contributed by atoms with Crippen LogP contribution in [0.4, 0.5) is 9.18 Å². The number of carbonyl (C=O) groups is 1. The van der Waals surface area contributed by atoms with Crippen LogP contribution in [0.1, 0.15) is 26.3 Å². The number of hydrazone groups is 1. The van der Waals surface area contributed by atoms with E-state index in [2.05, 4.69) is 10.5 Å². The number of amides is 1. The monoisotopic (exact) mass is 238 g/mol. The van der Waals surface area contributed by atoms with Gasteiger partial charge < -0.3 is 4.74 Å². The fourth-order valence-electron chi connectivity index (χ4n) is 1.04. The molecule has 0 aromatic heterocycles. The summed E-state index contributed by atoms with van der Waals surface area (Å²) < 4.78 is 18.1. The van der Waals surface area contributed by atoms with Crippen LogP contribution in [0.5, 0.6) is 0 Å². The highest BCUT2D eigenvalue weighted by Gasteiger charge is 2.15. The molecule has 1 N–H and O–H groups in total. The van der Waals surface area contributed by atoms with Crippen LogP contribution in [0.3, 0.4) is 0 Å². The van der Waals surface area contributed by atoms with Gasteiger partial charge in [-0.1, -0.05) is 18.2 Å². The van der Waals surface area contributed by atoms with Gasteiger partial charge in [0.2, 0.25) is 0 Å². The third-order valence-electron chi connectivity index (χ3n) is 1.66. The van der Waals surface area contributed by atoms with E-state index in [1.54, 1.807) is 39.0 Å². The summed E-state index contributed by atoms with van der Waals surface area (Å²) >= 11 is 0. The van der Waals surface area contributed by atoms with Crippen LogP contribution in [-0.2, 0) is 4.74 Å². The van der Waals surface area contributed by atoms with Gasteiger partial charge in [0.05, 0.1) is 6.21 Å². The van der Waals surface area contributed by atoms with Crippen molar-refractivity contribution in [3.63, 3.8) is 0 Å². The molecule has 1 aromatic rings. The number of halogens is 1. The van der Waals surface area contributed by atoms with Crippen molar-refractivity contribution < 1.29 is 13.9 Å². The van der Waals surface area contributed by atoms with Gasteiger partial charge in [0.1, 0.15) is 11.4 Å². The molecule has 5 heteroatoms. The van der Waals surface area contributed by atoms with Crippen molar-refractivity contribution in [1.82, 2.24) is 5.43 Å². The van der Waals surface area contributed by atoms with E-state index in [1.807, 2.05) is 0 Å². The van der Waals surface area contributed by atoms with Crippen LogP contribution < -0.4 is 5.43 Å². The molecule has 0 heterocycles. The number of rotatable bonds is 2. The van der Waals surface area contributed by atoms with E-state index in [9.17, 15) is 9.18 Å². The van der Waals surface area contributed by atoms with Crippen molar-refractivity contribution in [3.8, 4) is 0 Å². The molecule has 1 amide bonds. The molecule has 0 spiro atoms. The van der Waals surface area contributed by atoms with Gasteiger partial charge in [0, 0.05) is 5.56 Å². The Balaban J connectivity index is 2.51. The van der Waals surface area contributed by atoms with Gasteiger partial charge in [-0.2, -0.15) is 5.10 Å². The zero-order chi connectivity index (χ0) is 12.9. The molecular formula is C12H15FN2O2. The maximum Gasteiger partial charge on any atom is 0.428 e. The first-order valence-corrected chi connectivity index (χ1v) is 5.15. The third-order valence-corrected chi connectivity index (χ3v) is 1.66. The molecular weight excluding hydrogens is 223 g/mol. The van der Waals surface area contributed by atoms with Crippen molar-refractivity contribution in [2.24, 2.45) is 5.10 Å². The summed E-state index contributed by atoms with van der Waals surface area (Å²) in [4.78, 5) is 11.2. The van der Waals surface area contributed by atoms with Crippen LogP contribution in [0.25, 0.3) is 0 Å². The van der Waals surface area contributed by atoms with Gasteiger partial charge in [-0.3, -0.25) is 0 Å². The van der Waals surface area contributed by atoms with E-state index in [4.69, 9.17) is 4.74 Å². The predicted octanol–water partition coefficient (Wildman–Crippen LogP) is 2.68. The molecule has 0 saturated carbocycles. The molecule has 0 fully saturated rings. The lowest BCUT2D eigenvalue weighted by atomic mass is 10.2. The Labute approximate surface area is 99.5 Å². The molecule has 0 aliphatic carbocycles. The number of nitrogens with zero attached hydrogens (tertiary/aromatic N) is 1. The van der Waals surface area contributed by atoms with Crippen LogP contribution in [0.2, 0.25) is 0 Å². The summed E-state index contributed by atoms with van der Waals surface area (Å²) in [6.45, 7) is 5.23. The number of ether oxygens (including phenoxy) is 1. The normalized spacial score (nSPS) is 11.5. The van der Waals surface area contributed by atoms with Gasteiger partial charge in [0.25, 0.3) is 0 Å². The molecule has 0 atom stereocenters. The summed E-state index contributed by atoms with van der Waals surface area (Å²) in [5.41, 5.74) is 1.87. The number of benzene rings is 1. The van der Waals surface area contributed by atoms with Crippen LogP contribution >= 0.6 is 0 Å².